The van der Waals surface area contributed by atoms with Crippen molar-refractivity contribution < 1.29 is 17.9 Å². The number of ether oxygens (including phenoxy) is 1. The zero-order valence-corrected chi connectivity index (χ0v) is 21.1. The van der Waals surface area contributed by atoms with E-state index in [2.05, 4.69) is 0 Å². The van der Waals surface area contributed by atoms with E-state index in [4.69, 9.17) is 9.72 Å². The van der Waals surface area contributed by atoms with Gasteiger partial charge in [-0.25, -0.2) is 13.4 Å². The Morgan fingerprint density at radius 1 is 0.943 bits per heavy atom. The second-order valence-corrected chi connectivity index (χ2v) is 11.3. The molecule has 0 saturated carbocycles. The monoisotopic (exact) mass is 507 g/mol. The summed E-state index contributed by atoms with van der Waals surface area (Å²) < 4.78 is 33.7. The smallest absolute Gasteiger partial charge is 0.264 e. The summed E-state index contributed by atoms with van der Waals surface area (Å²) in [6, 6.07) is 19.8. The molecule has 5 rings (SSSR count). The Bertz CT molecular complexity index is 1440. The molecule has 1 amide bonds. The molecule has 1 saturated heterocycles. The van der Waals surface area contributed by atoms with E-state index in [0.717, 1.165) is 27.0 Å². The number of anilines is 2. The highest BCUT2D eigenvalue weighted by Gasteiger charge is 2.29. The number of nitrogens with zero attached hydrogens (tertiary/aromatic N) is 3. The van der Waals surface area contributed by atoms with Crippen molar-refractivity contribution in [3.05, 3.63) is 83.4 Å². The first-order chi connectivity index (χ1) is 16.9. The van der Waals surface area contributed by atoms with Crippen molar-refractivity contribution in [1.29, 1.82) is 0 Å². The lowest BCUT2D eigenvalue weighted by atomic mass is 10.1. The zero-order chi connectivity index (χ0) is 24.6. The van der Waals surface area contributed by atoms with Gasteiger partial charge >= 0.3 is 0 Å². The summed E-state index contributed by atoms with van der Waals surface area (Å²) in [4.78, 5) is 20.5. The molecule has 0 N–H and O–H groups in total. The number of sulfonamides is 1. The van der Waals surface area contributed by atoms with Crippen LogP contribution in [0, 0.1) is 13.8 Å². The van der Waals surface area contributed by atoms with Gasteiger partial charge in [0.15, 0.2) is 5.13 Å². The number of amides is 1. The number of hydrogen-bond acceptors (Lipinski definition) is 6. The molecule has 7 nitrogen and oxygen atoms in total. The lowest BCUT2D eigenvalue weighted by Gasteiger charge is -2.26. The molecule has 4 aromatic rings. The number of aromatic nitrogens is 1. The molecular formula is C26H25N3O4S2. The minimum atomic E-state index is -3.64. The highest BCUT2D eigenvalue weighted by molar-refractivity contribution is 7.89. The van der Waals surface area contributed by atoms with E-state index < -0.39 is 10.0 Å². The molecule has 1 aromatic heterocycles. The van der Waals surface area contributed by atoms with Crippen LogP contribution < -0.4 is 4.90 Å². The third kappa shape index (κ3) is 4.48. The molecule has 0 bridgehead atoms. The van der Waals surface area contributed by atoms with Crippen molar-refractivity contribution in [1.82, 2.24) is 9.29 Å². The number of benzene rings is 3. The maximum atomic E-state index is 13.9. The Kier molecular flexibility index (Phi) is 6.41. The fraction of sp³-hybridized carbons (Fsp3) is 0.231. The van der Waals surface area contributed by atoms with Crippen LogP contribution in [0.2, 0.25) is 0 Å². The SMILES string of the molecule is Cc1cccc(C)c1N(C(=O)c1ccc(S(=O)(=O)N2CCOCC2)cc1)c1nc2ccccc2s1. The Morgan fingerprint density at radius 2 is 1.60 bits per heavy atom. The van der Waals surface area contributed by atoms with Crippen LogP contribution in [-0.4, -0.2) is 49.9 Å². The normalized spacial score (nSPS) is 14.8. The van der Waals surface area contributed by atoms with Crippen LogP contribution in [0.1, 0.15) is 21.5 Å². The van der Waals surface area contributed by atoms with Gasteiger partial charge in [0, 0.05) is 18.7 Å². The standard InChI is InChI=1S/C26H25N3O4S2/c1-18-6-5-7-19(2)24(18)29(26-27-22-8-3-4-9-23(22)34-26)25(30)20-10-12-21(13-11-20)35(31,32)28-14-16-33-17-15-28/h3-13H,14-17H2,1-2H3. The number of hydrogen-bond donors (Lipinski definition) is 0. The second-order valence-electron chi connectivity index (χ2n) is 8.39. The van der Waals surface area contributed by atoms with Gasteiger partial charge in [0.25, 0.3) is 5.91 Å². The number of thiazole rings is 1. The van der Waals surface area contributed by atoms with Crippen LogP contribution >= 0.6 is 11.3 Å². The quantitative estimate of drug-likeness (QED) is 0.383. The Hall–Kier alpha value is -3.11. The maximum Gasteiger partial charge on any atom is 0.264 e. The Balaban J connectivity index is 1.55. The van der Waals surface area contributed by atoms with E-state index in [1.807, 2.05) is 56.3 Å². The van der Waals surface area contributed by atoms with E-state index >= 15 is 0 Å². The summed E-state index contributed by atoms with van der Waals surface area (Å²) in [6.07, 6.45) is 0. The van der Waals surface area contributed by atoms with Crippen LogP contribution in [0.4, 0.5) is 10.8 Å². The minimum Gasteiger partial charge on any atom is -0.379 e. The van der Waals surface area contributed by atoms with Gasteiger partial charge < -0.3 is 4.74 Å². The van der Waals surface area contributed by atoms with E-state index in [1.165, 1.54) is 27.8 Å². The van der Waals surface area contributed by atoms with Crippen molar-refractivity contribution in [3.8, 4) is 0 Å². The fourth-order valence-corrected chi connectivity index (χ4v) is 6.61. The molecule has 1 aliphatic rings. The van der Waals surface area contributed by atoms with E-state index in [9.17, 15) is 13.2 Å². The van der Waals surface area contributed by atoms with Gasteiger partial charge in [0.05, 0.1) is 34.0 Å². The van der Waals surface area contributed by atoms with E-state index in [0.29, 0.717) is 37.0 Å². The van der Waals surface area contributed by atoms with Crippen LogP contribution in [0.25, 0.3) is 10.2 Å². The summed E-state index contributed by atoms with van der Waals surface area (Å²) in [5.41, 5.74) is 3.88. The molecule has 180 valence electrons. The molecule has 3 aromatic carbocycles. The van der Waals surface area contributed by atoms with Gasteiger partial charge in [0.1, 0.15) is 0 Å². The molecule has 0 spiro atoms. The predicted molar refractivity (Wildman–Crippen MR) is 138 cm³/mol. The molecule has 1 fully saturated rings. The first kappa shape index (κ1) is 23.6. The molecule has 0 unspecified atom stereocenters. The maximum absolute atomic E-state index is 13.9. The molecule has 1 aliphatic heterocycles. The molecular weight excluding hydrogens is 482 g/mol. The first-order valence-corrected chi connectivity index (χ1v) is 13.6. The molecule has 2 heterocycles. The molecule has 35 heavy (non-hydrogen) atoms. The van der Waals surface area contributed by atoms with Crippen molar-refractivity contribution in [2.24, 2.45) is 0 Å². The number of aryl methyl sites for hydroxylation is 2. The number of rotatable bonds is 5. The predicted octanol–water partition coefficient (Wildman–Crippen LogP) is 4.91. The van der Waals surface area contributed by atoms with Gasteiger partial charge in [0.2, 0.25) is 10.0 Å². The van der Waals surface area contributed by atoms with E-state index in [1.54, 1.807) is 17.0 Å². The number of morpholine rings is 1. The van der Waals surface area contributed by atoms with Crippen LogP contribution in [0.3, 0.4) is 0 Å². The summed E-state index contributed by atoms with van der Waals surface area (Å²) >= 11 is 1.45. The van der Waals surface area contributed by atoms with Crippen molar-refractivity contribution in [2.45, 2.75) is 18.7 Å². The number of carbonyl (C=O) groups excluding carboxylic acids is 1. The summed E-state index contributed by atoms with van der Waals surface area (Å²) in [5, 5.41) is 0.568. The molecule has 0 aliphatic carbocycles. The largest absolute Gasteiger partial charge is 0.379 e. The highest BCUT2D eigenvalue weighted by atomic mass is 32.2. The zero-order valence-electron chi connectivity index (χ0n) is 19.5. The van der Waals surface area contributed by atoms with Gasteiger partial charge in [-0.15, -0.1) is 0 Å². The summed E-state index contributed by atoms with van der Waals surface area (Å²) in [5.74, 6) is -0.267. The lowest BCUT2D eigenvalue weighted by molar-refractivity contribution is 0.0730. The fourth-order valence-electron chi connectivity index (χ4n) is 4.23. The van der Waals surface area contributed by atoms with Crippen molar-refractivity contribution >= 4 is 48.3 Å². The average molecular weight is 508 g/mol. The van der Waals surface area contributed by atoms with Crippen molar-refractivity contribution in [2.75, 3.05) is 31.2 Å². The van der Waals surface area contributed by atoms with Gasteiger partial charge in [-0.05, 0) is 61.4 Å². The van der Waals surface area contributed by atoms with Gasteiger partial charge in [-0.1, -0.05) is 41.7 Å². The van der Waals surface area contributed by atoms with Gasteiger partial charge in [-0.3, -0.25) is 9.69 Å². The minimum absolute atomic E-state index is 0.162. The topological polar surface area (TPSA) is 79.8 Å². The number of fused-ring (bicyclic) bond motifs is 1. The highest BCUT2D eigenvalue weighted by Crippen LogP contribution is 2.37. The molecule has 0 radical (unpaired) electrons. The van der Waals surface area contributed by atoms with Gasteiger partial charge in [-0.2, -0.15) is 4.31 Å². The van der Waals surface area contributed by atoms with E-state index in [-0.39, 0.29) is 10.8 Å². The Morgan fingerprint density at radius 3 is 2.26 bits per heavy atom. The summed E-state index contributed by atoms with van der Waals surface area (Å²) in [7, 11) is -3.64. The third-order valence-electron chi connectivity index (χ3n) is 6.05. The number of para-hydroxylation sites is 2. The summed E-state index contributed by atoms with van der Waals surface area (Å²) in [6.45, 7) is 5.33. The van der Waals surface area contributed by atoms with Crippen LogP contribution in [0.15, 0.2) is 71.6 Å². The van der Waals surface area contributed by atoms with Crippen LogP contribution in [0.5, 0.6) is 0 Å². The number of carbonyl (C=O) groups is 1. The Labute approximate surface area is 208 Å². The van der Waals surface area contributed by atoms with Crippen LogP contribution in [-0.2, 0) is 14.8 Å². The molecule has 9 heteroatoms. The molecule has 0 atom stereocenters. The second kappa shape index (κ2) is 9.50. The lowest BCUT2D eigenvalue weighted by Crippen LogP contribution is -2.40. The third-order valence-corrected chi connectivity index (χ3v) is 8.98. The van der Waals surface area contributed by atoms with Crippen molar-refractivity contribution in [3.63, 3.8) is 0 Å². The average Bonchev–Trinajstić information content (AvgIpc) is 3.30. The first-order valence-electron chi connectivity index (χ1n) is 11.3.